The van der Waals surface area contributed by atoms with E-state index in [1.165, 1.54) is 6.92 Å². The summed E-state index contributed by atoms with van der Waals surface area (Å²) in [5.41, 5.74) is 1.93. The Labute approximate surface area is 105 Å². The van der Waals surface area contributed by atoms with Crippen molar-refractivity contribution in [2.75, 3.05) is 0 Å². The van der Waals surface area contributed by atoms with Gasteiger partial charge >= 0.3 is 5.97 Å². The Balaban J connectivity index is 2.50. The van der Waals surface area contributed by atoms with Crippen molar-refractivity contribution < 1.29 is 9.53 Å². The topological polar surface area (TPSA) is 63.0 Å². The largest absolute Gasteiger partial charge is 0.444 e. The molecule has 0 N–H and O–H groups in total. The van der Waals surface area contributed by atoms with Gasteiger partial charge in [-0.05, 0) is 26.0 Å². The van der Waals surface area contributed by atoms with Crippen molar-refractivity contribution in [1.82, 2.24) is 4.98 Å². The molecule has 0 spiro atoms. The minimum Gasteiger partial charge on any atom is -0.444 e. The van der Waals surface area contributed by atoms with Gasteiger partial charge in [-0.25, -0.2) is 4.79 Å². The minimum absolute atomic E-state index is 0.445. The van der Waals surface area contributed by atoms with Crippen molar-refractivity contribution in [2.24, 2.45) is 0 Å². The van der Waals surface area contributed by atoms with E-state index in [2.05, 4.69) is 4.98 Å². The van der Waals surface area contributed by atoms with Crippen LogP contribution in [0.5, 0.6) is 0 Å². The Morgan fingerprint density at radius 1 is 1.44 bits per heavy atom. The number of rotatable bonds is 2. The molecule has 4 heteroatoms. The lowest BCUT2D eigenvalue weighted by atomic mass is 10.1. The molecule has 1 atom stereocenters. The summed E-state index contributed by atoms with van der Waals surface area (Å²) in [4.78, 5) is 16.3. The maximum Gasteiger partial charge on any atom is 0.340 e. The summed E-state index contributed by atoms with van der Waals surface area (Å²) in [6, 6.07) is 10.9. The molecule has 4 nitrogen and oxygen atoms in total. The number of carbonyl (C=O) groups is 1. The monoisotopic (exact) mass is 240 g/mol. The molecule has 0 saturated carbocycles. The number of hydrogen-bond donors (Lipinski definition) is 0. The van der Waals surface area contributed by atoms with Crippen LogP contribution in [0.1, 0.15) is 23.0 Å². The fourth-order valence-corrected chi connectivity index (χ4v) is 1.73. The molecule has 0 bridgehead atoms. The van der Waals surface area contributed by atoms with Crippen molar-refractivity contribution in [3.05, 3.63) is 41.6 Å². The number of fused-ring (bicyclic) bond motifs is 1. The number of esters is 1. The summed E-state index contributed by atoms with van der Waals surface area (Å²) in [5, 5.41) is 9.39. The fourth-order valence-electron chi connectivity index (χ4n) is 1.73. The number of nitrogens with zero attached hydrogens (tertiary/aromatic N) is 2. The van der Waals surface area contributed by atoms with Gasteiger partial charge in [-0.3, -0.25) is 4.98 Å². The highest BCUT2D eigenvalue weighted by atomic mass is 16.5. The number of aryl methyl sites for hydroxylation is 1. The molecule has 0 radical (unpaired) electrons. The first kappa shape index (κ1) is 12.1. The lowest BCUT2D eigenvalue weighted by Gasteiger charge is -2.09. The third kappa shape index (κ3) is 2.30. The van der Waals surface area contributed by atoms with Gasteiger partial charge in [0.15, 0.2) is 6.10 Å². The van der Waals surface area contributed by atoms with Crippen LogP contribution in [0.2, 0.25) is 0 Å². The average molecular weight is 240 g/mol. The zero-order valence-electron chi connectivity index (χ0n) is 10.2. The van der Waals surface area contributed by atoms with Gasteiger partial charge in [-0.2, -0.15) is 5.26 Å². The van der Waals surface area contributed by atoms with Gasteiger partial charge in [-0.15, -0.1) is 0 Å². The third-order valence-electron chi connectivity index (χ3n) is 2.53. The second-order valence-corrected chi connectivity index (χ2v) is 4.00. The highest BCUT2D eigenvalue weighted by Crippen LogP contribution is 2.19. The molecule has 0 unspecified atom stereocenters. The lowest BCUT2D eigenvalue weighted by Crippen LogP contribution is -2.14. The number of hydrogen-bond acceptors (Lipinski definition) is 4. The minimum atomic E-state index is -0.760. The molecule has 0 aliphatic heterocycles. The molecular weight excluding hydrogens is 228 g/mol. The first-order valence-corrected chi connectivity index (χ1v) is 5.59. The number of pyridine rings is 1. The first-order chi connectivity index (χ1) is 8.61. The van der Waals surface area contributed by atoms with E-state index in [0.29, 0.717) is 5.56 Å². The van der Waals surface area contributed by atoms with Gasteiger partial charge in [0.2, 0.25) is 0 Å². The number of benzene rings is 1. The van der Waals surface area contributed by atoms with E-state index < -0.39 is 12.1 Å². The quantitative estimate of drug-likeness (QED) is 0.757. The summed E-state index contributed by atoms with van der Waals surface area (Å²) in [5.74, 6) is -0.495. The van der Waals surface area contributed by atoms with E-state index in [-0.39, 0.29) is 0 Å². The molecule has 0 aliphatic carbocycles. The van der Waals surface area contributed by atoms with Crippen molar-refractivity contribution in [2.45, 2.75) is 20.0 Å². The highest BCUT2D eigenvalue weighted by Gasteiger charge is 2.15. The van der Waals surface area contributed by atoms with Crippen LogP contribution in [0.3, 0.4) is 0 Å². The predicted octanol–water partition coefficient (Wildman–Crippen LogP) is 2.61. The maximum atomic E-state index is 12.0. The molecule has 0 fully saturated rings. The molecule has 1 aromatic heterocycles. The van der Waals surface area contributed by atoms with Gasteiger partial charge in [0.1, 0.15) is 6.07 Å². The normalized spacial score (nSPS) is 11.8. The van der Waals surface area contributed by atoms with Crippen LogP contribution >= 0.6 is 0 Å². The lowest BCUT2D eigenvalue weighted by molar-refractivity contribution is 0.0437. The average Bonchev–Trinajstić information content (AvgIpc) is 2.37. The van der Waals surface area contributed by atoms with Crippen LogP contribution in [0.25, 0.3) is 10.9 Å². The summed E-state index contributed by atoms with van der Waals surface area (Å²) in [6.07, 6.45) is -0.760. The van der Waals surface area contributed by atoms with Crippen LogP contribution in [0.15, 0.2) is 30.3 Å². The van der Waals surface area contributed by atoms with Gasteiger partial charge in [-0.1, -0.05) is 18.2 Å². The SMILES string of the molecule is Cc1cc(C(=O)O[C@H](C)C#N)c2ccccc2n1. The molecule has 2 rings (SSSR count). The van der Waals surface area contributed by atoms with Crippen molar-refractivity contribution in [3.63, 3.8) is 0 Å². The highest BCUT2D eigenvalue weighted by molar-refractivity contribution is 6.03. The Hall–Kier alpha value is -2.41. The number of aromatic nitrogens is 1. The smallest absolute Gasteiger partial charge is 0.340 e. The summed E-state index contributed by atoms with van der Waals surface area (Å²) >= 11 is 0. The van der Waals surface area contributed by atoms with Crippen molar-refractivity contribution >= 4 is 16.9 Å². The predicted molar refractivity (Wildman–Crippen MR) is 67.0 cm³/mol. The van der Waals surface area contributed by atoms with E-state index in [1.54, 1.807) is 6.07 Å². The maximum absolute atomic E-state index is 12.0. The second kappa shape index (κ2) is 4.84. The Kier molecular flexibility index (Phi) is 3.24. The summed E-state index contributed by atoms with van der Waals surface area (Å²) in [6.45, 7) is 3.35. The standard InChI is InChI=1S/C14H12N2O2/c1-9-7-12(14(17)18-10(2)8-15)11-5-3-4-6-13(11)16-9/h3-7,10H,1-2H3/t10-/m1/s1. The van der Waals surface area contributed by atoms with Gasteiger partial charge in [0.05, 0.1) is 11.1 Å². The number of ether oxygens (including phenoxy) is 1. The molecule has 0 saturated heterocycles. The van der Waals surface area contributed by atoms with Crippen LogP contribution in [0.4, 0.5) is 0 Å². The number of nitriles is 1. The van der Waals surface area contributed by atoms with Crippen LogP contribution in [0, 0.1) is 18.3 Å². The summed E-state index contributed by atoms with van der Waals surface area (Å²) < 4.78 is 5.02. The molecule has 0 aliphatic rings. The zero-order chi connectivity index (χ0) is 13.1. The van der Waals surface area contributed by atoms with Crippen LogP contribution in [-0.4, -0.2) is 17.1 Å². The second-order valence-electron chi connectivity index (χ2n) is 4.00. The van der Waals surface area contributed by atoms with Crippen molar-refractivity contribution in [1.29, 1.82) is 5.26 Å². The molecule has 0 amide bonds. The Morgan fingerprint density at radius 3 is 2.89 bits per heavy atom. The number of para-hydroxylation sites is 1. The Morgan fingerprint density at radius 2 is 2.17 bits per heavy atom. The first-order valence-electron chi connectivity index (χ1n) is 5.59. The van der Waals surface area contributed by atoms with Gasteiger partial charge in [0, 0.05) is 11.1 Å². The summed E-state index contributed by atoms with van der Waals surface area (Å²) in [7, 11) is 0. The molecular formula is C14H12N2O2. The van der Waals surface area contributed by atoms with Crippen LogP contribution in [-0.2, 0) is 4.74 Å². The molecule has 2 aromatic rings. The van der Waals surface area contributed by atoms with E-state index in [0.717, 1.165) is 16.6 Å². The third-order valence-corrected chi connectivity index (χ3v) is 2.53. The molecule has 1 aromatic carbocycles. The Bertz CT molecular complexity index is 644. The van der Waals surface area contributed by atoms with E-state index in [4.69, 9.17) is 10.00 Å². The molecule has 90 valence electrons. The van der Waals surface area contributed by atoms with Crippen LogP contribution < -0.4 is 0 Å². The van der Waals surface area contributed by atoms with Gasteiger partial charge < -0.3 is 4.74 Å². The number of carbonyl (C=O) groups excluding carboxylic acids is 1. The molecule has 18 heavy (non-hydrogen) atoms. The zero-order valence-corrected chi connectivity index (χ0v) is 10.2. The fraction of sp³-hybridized carbons (Fsp3) is 0.214. The van der Waals surface area contributed by atoms with E-state index >= 15 is 0 Å². The van der Waals surface area contributed by atoms with E-state index in [1.807, 2.05) is 37.3 Å². The van der Waals surface area contributed by atoms with E-state index in [9.17, 15) is 4.79 Å². The molecule has 1 heterocycles. The van der Waals surface area contributed by atoms with Gasteiger partial charge in [0.25, 0.3) is 0 Å². The van der Waals surface area contributed by atoms with Crippen molar-refractivity contribution in [3.8, 4) is 6.07 Å².